The zero-order valence-corrected chi connectivity index (χ0v) is 8.83. The molecule has 0 radical (unpaired) electrons. The van der Waals surface area contributed by atoms with Crippen LogP contribution in [0.3, 0.4) is 0 Å². The Balaban J connectivity index is 2.69. The van der Waals surface area contributed by atoms with Crippen LogP contribution >= 0.6 is 22.6 Å². The number of anilines is 1. The van der Waals surface area contributed by atoms with Gasteiger partial charge in [0.25, 0.3) is 0 Å². The first-order chi connectivity index (χ1) is 5.72. The minimum atomic E-state index is -0.00972. The molecule has 0 saturated carbocycles. The fourth-order valence-electron chi connectivity index (χ4n) is 0.704. The lowest BCUT2D eigenvalue weighted by atomic mass is 10.4. The Labute approximate surface area is 84.7 Å². The first-order valence-electron chi connectivity index (χ1n) is 3.63. The highest BCUT2D eigenvalue weighted by molar-refractivity contribution is 14.1. The summed E-state index contributed by atoms with van der Waals surface area (Å²) in [4.78, 5) is 14.9. The number of hydrogen-bond donors (Lipinski definition) is 1. The molecule has 0 atom stereocenters. The summed E-state index contributed by atoms with van der Waals surface area (Å²) in [7, 11) is 0. The number of aromatic nitrogens is 1. The number of nitrogens with one attached hydrogen (secondary N) is 1. The maximum atomic E-state index is 10.9. The fraction of sp³-hybridized carbons (Fsp3) is 0.250. The standard InChI is InChI=1S/C8H9IN2O/c1-2-8(12)11-7-5-6(9)3-4-10-7/h3-5H,2H2,1H3,(H,10,11,12). The predicted octanol–water partition coefficient (Wildman–Crippen LogP) is 2.03. The van der Waals surface area contributed by atoms with E-state index in [0.29, 0.717) is 12.2 Å². The highest BCUT2D eigenvalue weighted by Crippen LogP contribution is 2.08. The van der Waals surface area contributed by atoms with Gasteiger partial charge in [0.05, 0.1) is 0 Å². The SMILES string of the molecule is CCC(=O)Nc1cc(I)ccn1. The van der Waals surface area contributed by atoms with E-state index in [1.165, 1.54) is 0 Å². The van der Waals surface area contributed by atoms with Crippen molar-refractivity contribution in [3.63, 3.8) is 0 Å². The molecule has 0 aliphatic carbocycles. The maximum absolute atomic E-state index is 10.9. The molecule has 0 unspecified atom stereocenters. The van der Waals surface area contributed by atoms with Crippen LogP contribution in [0.15, 0.2) is 18.3 Å². The molecule has 0 saturated heterocycles. The molecule has 0 aliphatic rings. The molecular weight excluding hydrogens is 267 g/mol. The fourth-order valence-corrected chi connectivity index (χ4v) is 1.16. The molecule has 1 heterocycles. The van der Waals surface area contributed by atoms with E-state index < -0.39 is 0 Å². The topological polar surface area (TPSA) is 42.0 Å². The lowest BCUT2D eigenvalue weighted by Gasteiger charge is -2.01. The summed E-state index contributed by atoms with van der Waals surface area (Å²) in [5.74, 6) is 0.609. The molecule has 4 heteroatoms. The normalized spacial score (nSPS) is 9.50. The van der Waals surface area contributed by atoms with Crippen LogP contribution in [0, 0.1) is 3.57 Å². The van der Waals surface area contributed by atoms with Gasteiger partial charge in [-0.2, -0.15) is 0 Å². The van der Waals surface area contributed by atoms with Gasteiger partial charge in [-0.1, -0.05) is 6.92 Å². The van der Waals surface area contributed by atoms with Crippen LogP contribution in [-0.2, 0) is 4.79 Å². The monoisotopic (exact) mass is 276 g/mol. The molecule has 0 aliphatic heterocycles. The van der Waals surface area contributed by atoms with Gasteiger partial charge in [0.2, 0.25) is 5.91 Å². The second-order valence-electron chi connectivity index (χ2n) is 2.26. The van der Waals surface area contributed by atoms with Gasteiger partial charge in [-0.05, 0) is 34.7 Å². The van der Waals surface area contributed by atoms with Crippen molar-refractivity contribution in [2.75, 3.05) is 5.32 Å². The molecule has 12 heavy (non-hydrogen) atoms. The molecule has 0 spiro atoms. The van der Waals surface area contributed by atoms with E-state index in [4.69, 9.17) is 0 Å². The van der Waals surface area contributed by atoms with Crippen LogP contribution in [-0.4, -0.2) is 10.9 Å². The van der Waals surface area contributed by atoms with Crippen molar-refractivity contribution in [3.8, 4) is 0 Å². The average molecular weight is 276 g/mol. The number of hydrogen-bond acceptors (Lipinski definition) is 2. The molecule has 1 N–H and O–H groups in total. The number of amides is 1. The number of halogens is 1. The molecule has 1 rings (SSSR count). The van der Waals surface area contributed by atoms with Crippen molar-refractivity contribution in [2.45, 2.75) is 13.3 Å². The largest absolute Gasteiger partial charge is 0.311 e. The maximum Gasteiger partial charge on any atom is 0.225 e. The van der Waals surface area contributed by atoms with Crippen LogP contribution in [0.2, 0.25) is 0 Å². The van der Waals surface area contributed by atoms with Crippen molar-refractivity contribution in [1.82, 2.24) is 4.98 Å². The van der Waals surface area contributed by atoms with E-state index in [0.717, 1.165) is 3.57 Å². The van der Waals surface area contributed by atoms with Crippen LogP contribution in [0.5, 0.6) is 0 Å². The summed E-state index contributed by atoms with van der Waals surface area (Å²) in [5, 5.41) is 2.68. The Morgan fingerprint density at radius 3 is 3.08 bits per heavy atom. The molecular formula is C8H9IN2O. The Hall–Kier alpha value is -0.650. The smallest absolute Gasteiger partial charge is 0.225 e. The van der Waals surface area contributed by atoms with Crippen molar-refractivity contribution in [2.24, 2.45) is 0 Å². The summed E-state index contributed by atoms with van der Waals surface area (Å²) in [6, 6.07) is 3.70. The summed E-state index contributed by atoms with van der Waals surface area (Å²) < 4.78 is 1.06. The van der Waals surface area contributed by atoms with Crippen LogP contribution in [0.25, 0.3) is 0 Å². The summed E-state index contributed by atoms with van der Waals surface area (Å²) in [5.41, 5.74) is 0. The lowest BCUT2D eigenvalue weighted by molar-refractivity contribution is -0.115. The van der Waals surface area contributed by atoms with Crippen LogP contribution in [0.1, 0.15) is 13.3 Å². The van der Waals surface area contributed by atoms with Gasteiger partial charge in [-0.15, -0.1) is 0 Å². The third-order valence-electron chi connectivity index (χ3n) is 1.31. The average Bonchev–Trinajstić information content (AvgIpc) is 2.04. The first-order valence-corrected chi connectivity index (χ1v) is 4.71. The number of carbonyl (C=O) groups excluding carboxylic acids is 1. The Kier molecular flexibility index (Phi) is 3.46. The quantitative estimate of drug-likeness (QED) is 0.840. The van der Waals surface area contributed by atoms with Gasteiger partial charge < -0.3 is 5.32 Å². The van der Waals surface area contributed by atoms with E-state index in [1.54, 1.807) is 6.20 Å². The van der Waals surface area contributed by atoms with E-state index in [1.807, 2.05) is 19.1 Å². The predicted molar refractivity (Wildman–Crippen MR) is 55.9 cm³/mol. The van der Waals surface area contributed by atoms with Crippen molar-refractivity contribution in [1.29, 1.82) is 0 Å². The lowest BCUT2D eigenvalue weighted by Crippen LogP contribution is -2.10. The van der Waals surface area contributed by atoms with Gasteiger partial charge in [0.15, 0.2) is 0 Å². The van der Waals surface area contributed by atoms with E-state index in [-0.39, 0.29) is 5.91 Å². The molecule has 1 aromatic rings. The minimum absolute atomic E-state index is 0.00972. The van der Waals surface area contributed by atoms with Gasteiger partial charge >= 0.3 is 0 Å². The highest BCUT2D eigenvalue weighted by atomic mass is 127. The minimum Gasteiger partial charge on any atom is -0.311 e. The number of pyridine rings is 1. The second kappa shape index (κ2) is 4.39. The third-order valence-corrected chi connectivity index (χ3v) is 1.98. The zero-order valence-electron chi connectivity index (χ0n) is 6.67. The van der Waals surface area contributed by atoms with E-state index in [9.17, 15) is 4.79 Å². The van der Waals surface area contributed by atoms with Crippen molar-refractivity contribution < 1.29 is 4.79 Å². The molecule has 64 valence electrons. The Morgan fingerprint density at radius 1 is 1.75 bits per heavy atom. The van der Waals surface area contributed by atoms with Crippen LogP contribution in [0.4, 0.5) is 5.82 Å². The van der Waals surface area contributed by atoms with E-state index in [2.05, 4.69) is 32.9 Å². The highest BCUT2D eigenvalue weighted by Gasteiger charge is 1.98. The van der Waals surface area contributed by atoms with Crippen molar-refractivity contribution in [3.05, 3.63) is 21.9 Å². The summed E-state index contributed by atoms with van der Waals surface area (Å²) in [6.45, 7) is 1.81. The Bertz CT molecular complexity index is 288. The molecule has 0 fully saturated rings. The molecule has 1 amide bonds. The molecule has 1 aromatic heterocycles. The summed E-state index contributed by atoms with van der Waals surface area (Å²) in [6.07, 6.45) is 2.15. The number of nitrogens with zero attached hydrogens (tertiary/aromatic N) is 1. The van der Waals surface area contributed by atoms with Gasteiger partial charge in [-0.25, -0.2) is 4.98 Å². The summed E-state index contributed by atoms with van der Waals surface area (Å²) >= 11 is 2.17. The van der Waals surface area contributed by atoms with Gasteiger partial charge in [0, 0.05) is 16.2 Å². The van der Waals surface area contributed by atoms with Crippen LogP contribution < -0.4 is 5.32 Å². The van der Waals surface area contributed by atoms with E-state index >= 15 is 0 Å². The second-order valence-corrected chi connectivity index (χ2v) is 3.51. The van der Waals surface area contributed by atoms with Gasteiger partial charge in [-0.3, -0.25) is 4.79 Å². The first kappa shape index (κ1) is 9.44. The third kappa shape index (κ3) is 2.77. The number of rotatable bonds is 2. The van der Waals surface area contributed by atoms with Crippen molar-refractivity contribution >= 4 is 34.3 Å². The molecule has 3 nitrogen and oxygen atoms in total. The molecule has 0 aromatic carbocycles. The molecule has 0 bridgehead atoms. The number of carbonyl (C=O) groups is 1. The zero-order chi connectivity index (χ0) is 8.97. The Morgan fingerprint density at radius 2 is 2.50 bits per heavy atom. The van der Waals surface area contributed by atoms with Gasteiger partial charge in [0.1, 0.15) is 5.82 Å².